The van der Waals surface area contributed by atoms with Gasteiger partial charge in [0.25, 0.3) is 0 Å². The summed E-state index contributed by atoms with van der Waals surface area (Å²) in [7, 11) is 8.36. The number of fused-ring (bicyclic) bond motifs is 9. The molecule has 0 saturated carbocycles. The summed E-state index contributed by atoms with van der Waals surface area (Å²) in [4.78, 5) is 4.32. The van der Waals surface area contributed by atoms with Crippen LogP contribution in [0.25, 0.3) is 28.1 Å². The lowest BCUT2D eigenvalue weighted by Gasteiger charge is -2.38. The number of rotatable bonds is 3. The van der Waals surface area contributed by atoms with Gasteiger partial charge in [-0.25, -0.2) is 4.68 Å². The second-order valence-electron chi connectivity index (χ2n) is 11.0. The zero-order valence-electron chi connectivity index (χ0n) is 23.3. The van der Waals surface area contributed by atoms with Gasteiger partial charge in [0.05, 0.1) is 22.6 Å². The van der Waals surface area contributed by atoms with Crippen LogP contribution in [0.15, 0.2) is 84.9 Å². The average Bonchev–Trinajstić information content (AvgIpc) is 3.42. The second-order valence-corrected chi connectivity index (χ2v) is 11.0. The molecule has 0 saturated heterocycles. The summed E-state index contributed by atoms with van der Waals surface area (Å²) in [5.41, 5.74) is 12.7. The highest BCUT2D eigenvalue weighted by Gasteiger charge is 2.53. The Morgan fingerprint density at radius 1 is 0.718 bits per heavy atom. The van der Waals surface area contributed by atoms with Crippen LogP contribution in [0.3, 0.4) is 0 Å². The number of hydrogen-bond donors (Lipinski definition) is 0. The predicted molar refractivity (Wildman–Crippen MR) is 160 cm³/mol. The molecule has 5 heteroatoms. The van der Waals surface area contributed by atoms with E-state index in [4.69, 9.17) is 9.84 Å². The number of anilines is 2. The summed E-state index contributed by atoms with van der Waals surface area (Å²) in [5.74, 6) is 0.881. The Labute approximate surface area is 229 Å². The summed E-state index contributed by atoms with van der Waals surface area (Å²) in [6.07, 6.45) is 0. The zero-order valence-corrected chi connectivity index (χ0v) is 23.3. The van der Waals surface area contributed by atoms with Crippen molar-refractivity contribution in [3.8, 4) is 33.8 Å². The molecule has 1 spiro atoms. The lowest BCUT2D eigenvalue weighted by molar-refractivity contribution is 0.156. The molecule has 0 bridgehead atoms. The second kappa shape index (κ2) is 8.24. The van der Waals surface area contributed by atoms with E-state index < -0.39 is 5.60 Å². The van der Waals surface area contributed by atoms with E-state index >= 15 is 0 Å². The van der Waals surface area contributed by atoms with Gasteiger partial charge in [0.1, 0.15) is 5.75 Å². The molecular weight excluding hydrogens is 480 g/mol. The SMILES string of the molecule is Cc1cccc2c1-c1c(c(C)nn1-c1ccccc1)C1(O2)c2ccc(N(C)C)cc2-c2cc(N(C)C)ccc21. The molecule has 0 radical (unpaired) electrons. The predicted octanol–water partition coefficient (Wildman–Crippen LogP) is 6.95. The molecule has 0 amide bonds. The normalized spacial score (nSPS) is 13.8. The van der Waals surface area contributed by atoms with Gasteiger partial charge in [-0.3, -0.25) is 0 Å². The maximum absolute atomic E-state index is 7.29. The Morgan fingerprint density at radius 3 is 1.92 bits per heavy atom. The van der Waals surface area contributed by atoms with Crippen molar-refractivity contribution in [2.45, 2.75) is 19.4 Å². The lowest BCUT2D eigenvalue weighted by atomic mass is 9.78. The van der Waals surface area contributed by atoms with Gasteiger partial charge in [-0.2, -0.15) is 5.10 Å². The van der Waals surface area contributed by atoms with Crippen molar-refractivity contribution in [2.75, 3.05) is 38.0 Å². The van der Waals surface area contributed by atoms with E-state index in [1.54, 1.807) is 0 Å². The number of nitrogens with zero attached hydrogens (tertiary/aromatic N) is 4. The molecule has 2 aliphatic rings. The third kappa shape index (κ3) is 3.16. The molecule has 2 heterocycles. The van der Waals surface area contributed by atoms with Crippen LogP contribution in [0, 0.1) is 13.8 Å². The molecule has 4 aromatic carbocycles. The highest BCUT2D eigenvalue weighted by atomic mass is 16.5. The van der Waals surface area contributed by atoms with Gasteiger partial charge in [0, 0.05) is 56.3 Å². The summed E-state index contributed by atoms with van der Waals surface area (Å²) < 4.78 is 9.40. The number of aromatic nitrogens is 2. The molecule has 39 heavy (non-hydrogen) atoms. The lowest BCUT2D eigenvalue weighted by Crippen LogP contribution is -2.37. The average molecular weight is 513 g/mol. The Bertz CT molecular complexity index is 1710. The molecule has 7 rings (SSSR count). The van der Waals surface area contributed by atoms with Crippen molar-refractivity contribution in [3.05, 3.63) is 113 Å². The van der Waals surface area contributed by atoms with Gasteiger partial charge in [0.2, 0.25) is 0 Å². The van der Waals surface area contributed by atoms with E-state index in [0.717, 1.165) is 56.5 Å². The Balaban J connectivity index is 1.63. The molecule has 1 aliphatic carbocycles. The molecule has 0 unspecified atom stereocenters. The Kier molecular flexibility index (Phi) is 4.99. The smallest absolute Gasteiger partial charge is 0.189 e. The van der Waals surface area contributed by atoms with E-state index in [2.05, 4.69) is 135 Å². The van der Waals surface area contributed by atoms with Crippen LogP contribution in [0.5, 0.6) is 5.75 Å². The van der Waals surface area contributed by atoms with E-state index in [-0.39, 0.29) is 0 Å². The molecule has 5 nitrogen and oxygen atoms in total. The van der Waals surface area contributed by atoms with Crippen LogP contribution in [0.1, 0.15) is 27.9 Å². The summed E-state index contributed by atoms with van der Waals surface area (Å²) in [6.45, 7) is 4.28. The third-order valence-electron chi connectivity index (χ3n) is 8.24. The molecule has 5 aromatic rings. The van der Waals surface area contributed by atoms with Gasteiger partial charge >= 0.3 is 0 Å². The van der Waals surface area contributed by atoms with Crippen LogP contribution in [0.4, 0.5) is 11.4 Å². The number of aryl methyl sites for hydroxylation is 2. The van der Waals surface area contributed by atoms with Crippen LogP contribution >= 0.6 is 0 Å². The van der Waals surface area contributed by atoms with E-state index in [9.17, 15) is 0 Å². The molecule has 0 atom stereocenters. The zero-order chi connectivity index (χ0) is 27.1. The van der Waals surface area contributed by atoms with Crippen molar-refractivity contribution >= 4 is 11.4 Å². The number of para-hydroxylation sites is 1. The van der Waals surface area contributed by atoms with Crippen molar-refractivity contribution in [1.82, 2.24) is 9.78 Å². The first-order chi connectivity index (χ1) is 18.8. The quantitative estimate of drug-likeness (QED) is 0.262. The molecule has 1 aromatic heterocycles. The molecule has 0 fully saturated rings. The minimum absolute atomic E-state index is 0.812. The van der Waals surface area contributed by atoms with Gasteiger partial charge in [-0.05, 0) is 73.0 Å². The maximum atomic E-state index is 7.29. The molecule has 194 valence electrons. The largest absolute Gasteiger partial charge is 0.472 e. The van der Waals surface area contributed by atoms with E-state index in [1.165, 1.54) is 16.7 Å². The van der Waals surface area contributed by atoms with Crippen molar-refractivity contribution < 1.29 is 4.74 Å². The maximum Gasteiger partial charge on any atom is 0.189 e. The van der Waals surface area contributed by atoms with Crippen LogP contribution in [0.2, 0.25) is 0 Å². The topological polar surface area (TPSA) is 33.5 Å². The monoisotopic (exact) mass is 512 g/mol. The molecular formula is C34H32N4O. The minimum atomic E-state index is -0.812. The Hall–Kier alpha value is -4.51. The van der Waals surface area contributed by atoms with Gasteiger partial charge < -0.3 is 14.5 Å². The molecule has 0 N–H and O–H groups in total. The highest BCUT2D eigenvalue weighted by molar-refractivity contribution is 5.91. The standard InChI is InChI=1S/C34H32N4O/c1-21-11-10-14-30-31(21)33-32(22(2)35-38(33)23-12-8-7-9-13-23)34(39-30)28-17-15-24(36(3)4)19-26(28)27-20-25(37(5)6)16-18-29(27)34/h7-20H,1-6H3. The van der Waals surface area contributed by atoms with Crippen molar-refractivity contribution in [2.24, 2.45) is 0 Å². The third-order valence-corrected chi connectivity index (χ3v) is 8.24. The minimum Gasteiger partial charge on any atom is -0.472 e. The van der Waals surface area contributed by atoms with E-state index in [0.29, 0.717) is 0 Å². The fraction of sp³-hybridized carbons (Fsp3) is 0.206. The fourth-order valence-electron chi connectivity index (χ4n) is 6.39. The van der Waals surface area contributed by atoms with Crippen molar-refractivity contribution in [3.63, 3.8) is 0 Å². The van der Waals surface area contributed by atoms with Gasteiger partial charge in [-0.1, -0.05) is 42.5 Å². The number of benzene rings is 4. The summed E-state index contributed by atoms with van der Waals surface area (Å²) in [5, 5.41) is 5.18. The van der Waals surface area contributed by atoms with Gasteiger partial charge in [0.15, 0.2) is 5.60 Å². The van der Waals surface area contributed by atoms with E-state index in [1.807, 2.05) is 6.07 Å². The van der Waals surface area contributed by atoms with Crippen molar-refractivity contribution in [1.29, 1.82) is 0 Å². The fourth-order valence-corrected chi connectivity index (χ4v) is 6.39. The van der Waals surface area contributed by atoms with Crippen LogP contribution < -0.4 is 14.5 Å². The first kappa shape index (κ1) is 23.6. The van der Waals surface area contributed by atoms with Crippen LogP contribution in [-0.4, -0.2) is 38.0 Å². The number of ether oxygens (including phenoxy) is 1. The summed E-state index contributed by atoms with van der Waals surface area (Å²) >= 11 is 0. The highest BCUT2D eigenvalue weighted by Crippen LogP contribution is 2.60. The Morgan fingerprint density at radius 2 is 1.33 bits per heavy atom. The van der Waals surface area contributed by atoms with Gasteiger partial charge in [-0.15, -0.1) is 0 Å². The summed E-state index contributed by atoms with van der Waals surface area (Å²) in [6, 6.07) is 30.3. The first-order valence-electron chi connectivity index (χ1n) is 13.4. The van der Waals surface area contributed by atoms with Crippen LogP contribution in [-0.2, 0) is 5.60 Å². The first-order valence-corrected chi connectivity index (χ1v) is 13.4. The number of hydrogen-bond acceptors (Lipinski definition) is 4. The molecule has 1 aliphatic heterocycles.